The van der Waals surface area contributed by atoms with Crippen LogP contribution in [-0.4, -0.2) is 48.2 Å². The third-order valence-electron chi connectivity index (χ3n) is 4.09. The Morgan fingerprint density at radius 3 is 2.32 bits per heavy atom. The molecule has 0 aromatic rings. The molecule has 130 valence electrons. The molecule has 1 amide bonds. The number of sulfone groups is 1. The van der Waals surface area contributed by atoms with Crippen molar-refractivity contribution in [2.75, 3.05) is 5.75 Å². The van der Waals surface area contributed by atoms with Gasteiger partial charge in [-0.25, -0.2) is 13.2 Å². The molecule has 1 rings (SSSR count). The summed E-state index contributed by atoms with van der Waals surface area (Å²) in [5, 5.41) is 14.5. The molecule has 0 bridgehead atoms. The van der Waals surface area contributed by atoms with E-state index in [2.05, 4.69) is 31.4 Å². The fourth-order valence-electron chi connectivity index (χ4n) is 3.03. The van der Waals surface area contributed by atoms with E-state index in [4.69, 9.17) is 5.11 Å². The van der Waals surface area contributed by atoms with Crippen molar-refractivity contribution in [1.29, 1.82) is 0 Å². The number of nitrogens with one attached hydrogen (secondary N) is 2. The number of amides is 1. The van der Waals surface area contributed by atoms with Gasteiger partial charge in [0.05, 0.1) is 11.0 Å². The maximum absolute atomic E-state index is 12.2. The van der Waals surface area contributed by atoms with Gasteiger partial charge in [-0.3, -0.25) is 0 Å². The summed E-state index contributed by atoms with van der Waals surface area (Å²) in [4.78, 5) is 10.9. The maximum atomic E-state index is 12.2. The molecular weight excluding hydrogens is 304 g/mol. The Balaban J connectivity index is 2.84. The van der Waals surface area contributed by atoms with Gasteiger partial charge in [0.25, 0.3) is 0 Å². The highest BCUT2D eigenvalue weighted by Crippen LogP contribution is 2.28. The van der Waals surface area contributed by atoms with Crippen molar-refractivity contribution in [3.05, 3.63) is 0 Å². The number of hydrogen-bond donors (Lipinski definition) is 3. The smallest absolute Gasteiger partial charge is 0.404 e. The van der Waals surface area contributed by atoms with Crippen LogP contribution in [-0.2, 0) is 9.84 Å². The van der Waals surface area contributed by atoms with Gasteiger partial charge < -0.3 is 15.7 Å². The van der Waals surface area contributed by atoms with Crippen molar-refractivity contribution in [3.8, 4) is 0 Å². The highest BCUT2D eigenvalue weighted by molar-refractivity contribution is 7.91. The van der Waals surface area contributed by atoms with Crippen LogP contribution in [0, 0.1) is 5.92 Å². The molecule has 3 N–H and O–H groups in total. The Labute approximate surface area is 134 Å². The fraction of sp³-hybridized carbons (Fsp3) is 0.933. The van der Waals surface area contributed by atoms with Crippen LogP contribution in [0.15, 0.2) is 0 Å². The Bertz CT molecular complexity index is 482. The molecular formula is C15H30N2O4S. The van der Waals surface area contributed by atoms with Crippen LogP contribution in [0.3, 0.4) is 0 Å². The zero-order valence-corrected chi connectivity index (χ0v) is 15.0. The van der Waals surface area contributed by atoms with E-state index in [1.807, 2.05) is 0 Å². The van der Waals surface area contributed by atoms with Gasteiger partial charge in [-0.15, -0.1) is 0 Å². The van der Waals surface area contributed by atoms with Crippen LogP contribution in [0.25, 0.3) is 0 Å². The van der Waals surface area contributed by atoms with E-state index in [9.17, 15) is 13.2 Å². The van der Waals surface area contributed by atoms with E-state index in [-0.39, 0.29) is 29.3 Å². The first kappa shape index (κ1) is 19.2. The SMILES string of the molecule is CC(C)S(=O)(=O)C[C@H]1C[C@H](NC(C)(C)C)CC[C@@H]1NC(=O)O. The second-order valence-electron chi connectivity index (χ2n) is 7.60. The molecule has 0 heterocycles. The summed E-state index contributed by atoms with van der Waals surface area (Å²) in [7, 11) is -3.19. The molecule has 1 fully saturated rings. The first-order chi connectivity index (χ1) is 9.90. The number of hydrogen-bond acceptors (Lipinski definition) is 4. The third kappa shape index (κ3) is 6.12. The van der Waals surface area contributed by atoms with Gasteiger partial charge in [-0.05, 0) is 59.8 Å². The van der Waals surface area contributed by atoms with Gasteiger partial charge in [0.1, 0.15) is 0 Å². The summed E-state index contributed by atoms with van der Waals surface area (Å²) in [6.45, 7) is 9.57. The summed E-state index contributed by atoms with van der Waals surface area (Å²) >= 11 is 0. The molecule has 22 heavy (non-hydrogen) atoms. The lowest BCUT2D eigenvalue weighted by molar-refractivity contribution is 0.167. The van der Waals surface area contributed by atoms with Gasteiger partial charge in [-0.1, -0.05) is 0 Å². The largest absolute Gasteiger partial charge is 0.465 e. The molecule has 0 radical (unpaired) electrons. The van der Waals surface area contributed by atoms with Crippen LogP contribution in [0.4, 0.5) is 4.79 Å². The maximum Gasteiger partial charge on any atom is 0.404 e. The highest BCUT2D eigenvalue weighted by Gasteiger charge is 2.36. The molecule has 0 aromatic carbocycles. The summed E-state index contributed by atoms with van der Waals surface area (Å²) in [6.07, 6.45) is 1.10. The predicted molar refractivity (Wildman–Crippen MR) is 87.9 cm³/mol. The molecule has 0 aliphatic heterocycles. The molecule has 3 atom stereocenters. The standard InChI is InChI=1S/C15H30N2O4S/c1-10(2)22(20,21)9-11-8-12(17-15(3,4)5)6-7-13(11)16-14(18)19/h10-13,16-17H,6-9H2,1-5H3,(H,18,19)/t11-,12-,13+/m1/s1. The third-order valence-corrected chi connectivity index (χ3v) is 6.42. The van der Waals surface area contributed by atoms with Gasteiger partial charge in [-0.2, -0.15) is 0 Å². The number of carboxylic acid groups (broad SMARTS) is 1. The van der Waals surface area contributed by atoms with Gasteiger partial charge in [0.15, 0.2) is 9.84 Å². The van der Waals surface area contributed by atoms with Crippen LogP contribution in [0.2, 0.25) is 0 Å². The minimum atomic E-state index is -3.19. The molecule has 1 aliphatic carbocycles. The molecule has 1 aliphatic rings. The van der Waals surface area contributed by atoms with Crippen molar-refractivity contribution in [2.45, 2.75) is 76.8 Å². The van der Waals surface area contributed by atoms with E-state index in [1.54, 1.807) is 13.8 Å². The van der Waals surface area contributed by atoms with E-state index in [0.717, 1.165) is 6.42 Å². The lowest BCUT2D eigenvalue weighted by Crippen LogP contribution is -2.53. The Morgan fingerprint density at radius 1 is 1.27 bits per heavy atom. The average molecular weight is 334 g/mol. The average Bonchev–Trinajstić information content (AvgIpc) is 2.29. The van der Waals surface area contributed by atoms with Crippen molar-refractivity contribution in [2.24, 2.45) is 5.92 Å². The fourth-order valence-corrected chi connectivity index (χ4v) is 4.38. The van der Waals surface area contributed by atoms with Gasteiger partial charge in [0, 0.05) is 17.6 Å². The van der Waals surface area contributed by atoms with E-state index in [1.165, 1.54) is 0 Å². The molecule has 1 saturated carbocycles. The number of carbonyl (C=O) groups is 1. The summed E-state index contributed by atoms with van der Waals surface area (Å²) in [6, 6.07) is -0.0664. The minimum absolute atomic E-state index is 0.0396. The Hall–Kier alpha value is -0.820. The predicted octanol–water partition coefficient (Wildman–Crippen LogP) is 2.00. The second kappa shape index (κ2) is 7.17. The summed E-state index contributed by atoms with van der Waals surface area (Å²) in [5.74, 6) is -0.144. The lowest BCUT2D eigenvalue weighted by Gasteiger charge is -2.39. The Morgan fingerprint density at radius 2 is 1.86 bits per heavy atom. The Kier molecular flexibility index (Phi) is 6.27. The summed E-state index contributed by atoms with van der Waals surface area (Å²) in [5.41, 5.74) is -0.0425. The molecule has 7 heteroatoms. The van der Waals surface area contributed by atoms with Crippen molar-refractivity contribution < 1.29 is 18.3 Å². The summed E-state index contributed by atoms with van der Waals surface area (Å²) < 4.78 is 24.5. The second-order valence-corrected chi connectivity index (χ2v) is 10.2. The molecule has 0 saturated heterocycles. The van der Waals surface area contributed by atoms with Crippen LogP contribution >= 0.6 is 0 Å². The zero-order chi connectivity index (χ0) is 17.1. The minimum Gasteiger partial charge on any atom is -0.465 e. The van der Waals surface area contributed by atoms with Crippen molar-refractivity contribution in [1.82, 2.24) is 10.6 Å². The molecule has 6 nitrogen and oxygen atoms in total. The normalized spacial score (nSPS) is 26.9. The highest BCUT2D eigenvalue weighted by atomic mass is 32.2. The van der Waals surface area contributed by atoms with Crippen molar-refractivity contribution in [3.63, 3.8) is 0 Å². The molecule has 0 aromatic heterocycles. The number of rotatable bonds is 5. The molecule has 0 unspecified atom stereocenters. The van der Waals surface area contributed by atoms with E-state index < -0.39 is 21.2 Å². The zero-order valence-electron chi connectivity index (χ0n) is 14.2. The first-order valence-electron chi connectivity index (χ1n) is 7.89. The van der Waals surface area contributed by atoms with Crippen LogP contribution in [0.1, 0.15) is 53.9 Å². The van der Waals surface area contributed by atoms with Gasteiger partial charge >= 0.3 is 6.09 Å². The van der Waals surface area contributed by atoms with E-state index in [0.29, 0.717) is 12.8 Å². The quantitative estimate of drug-likeness (QED) is 0.715. The topological polar surface area (TPSA) is 95.5 Å². The van der Waals surface area contributed by atoms with E-state index >= 15 is 0 Å². The lowest BCUT2D eigenvalue weighted by atomic mass is 9.82. The monoisotopic (exact) mass is 334 g/mol. The van der Waals surface area contributed by atoms with Crippen LogP contribution in [0.5, 0.6) is 0 Å². The van der Waals surface area contributed by atoms with Gasteiger partial charge in [0.2, 0.25) is 0 Å². The van der Waals surface area contributed by atoms with Crippen LogP contribution < -0.4 is 10.6 Å². The first-order valence-corrected chi connectivity index (χ1v) is 9.61. The molecule has 0 spiro atoms. The van der Waals surface area contributed by atoms with Crippen molar-refractivity contribution >= 4 is 15.9 Å².